The normalized spacial score (nSPS) is 14.7. The largest absolute Gasteiger partial charge is 0.354 e. The Balaban J connectivity index is 1.40. The number of hydrogen-bond donors (Lipinski definition) is 3. The first-order valence-electron chi connectivity index (χ1n) is 11.8. The minimum atomic E-state index is -3.50. The second-order valence-electron chi connectivity index (χ2n) is 9.86. The molecule has 0 atom stereocenters. The lowest BCUT2D eigenvalue weighted by Crippen LogP contribution is -2.37. The molecule has 0 bridgehead atoms. The molecular weight excluding hydrogens is 450 g/mol. The van der Waals surface area contributed by atoms with Crippen molar-refractivity contribution in [1.82, 2.24) is 15.4 Å². The number of carbonyl (C=O) groups is 2. The molecule has 0 unspecified atom stereocenters. The van der Waals surface area contributed by atoms with Gasteiger partial charge in [0.15, 0.2) is 0 Å². The van der Waals surface area contributed by atoms with Gasteiger partial charge in [0.25, 0.3) is 5.91 Å². The zero-order chi connectivity index (χ0) is 24.8. The van der Waals surface area contributed by atoms with Gasteiger partial charge in [-0.2, -0.15) is 0 Å². The fraction of sp³-hybridized carbons (Fsp3) is 0.462. The van der Waals surface area contributed by atoms with E-state index in [4.69, 9.17) is 0 Å². The minimum absolute atomic E-state index is 0.00974. The highest BCUT2D eigenvalue weighted by Crippen LogP contribution is 2.22. The molecule has 34 heavy (non-hydrogen) atoms. The van der Waals surface area contributed by atoms with Gasteiger partial charge in [-0.25, -0.2) is 13.1 Å². The molecular formula is C26H35N3O4S. The first-order chi connectivity index (χ1) is 16.0. The van der Waals surface area contributed by atoms with E-state index in [1.165, 1.54) is 0 Å². The molecule has 0 aliphatic heterocycles. The van der Waals surface area contributed by atoms with Gasteiger partial charge < -0.3 is 10.6 Å². The van der Waals surface area contributed by atoms with Gasteiger partial charge in [0.05, 0.1) is 11.4 Å². The standard InChI is InChI=1S/C26H35N3O4S/c1-26(2,3)21-12-10-20(11-13-21)25(31)28-18-24(30)27-17-16-19-8-14-23(15-9-19)34(32,33)29-22-6-4-5-7-22/h8-15,22,29H,4-7,16-18H2,1-3H3,(H,27,30)(H,28,31). The Morgan fingerprint density at radius 2 is 1.53 bits per heavy atom. The van der Waals surface area contributed by atoms with E-state index in [1.54, 1.807) is 36.4 Å². The topological polar surface area (TPSA) is 104 Å². The number of benzene rings is 2. The SMILES string of the molecule is CC(C)(C)c1ccc(C(=O)NCC(=O)NCCc2ccc(S(=O)(=O)NC3CCCC3)cc2)cc1. The first kappa shape index (κ1) is 25.9. The highest BCUT2D eigenvalue weighted by Gasteiger charge is 2.22. The monoisotopic (exact) mass is 485 g/mol. The number of rotatable bonds is 9. The van der Waals surface area contributed by atoms with E-state index in [0.717, 1.165) is 36.8 Å². The summed E-state index contributed by atoms with van der Waals surface area (Å²) in [4.78, 5) is 24.6. The number of sulfonamides is 1. The zero-order valence-electron chi connectivity index (χ0n) is 20.2. The average Bonchev–Trinajstić information content (AvgIpc) is 3.29. The molecule has 8 heteroatoms. The molecule has 184 valence electrons. The zero-order valence-corrected chi connectivity index (χ0v) is 21.0. The van der Waals surface area contributed by atoms with E-state index < -0.39 is 10.0 Å². The van der Waals surface area contributed by atoms with Crippen molar-refractivity contribution < 1.29 is 18.0 Å². The maximum absolute atomic E-state index is 12.5. The van der Waals surface area contributed by atoms with Crippen molar-refractivity contribution in [3.63, 3.8) is 0 Å². The molecule has 0 radical (unpaired) electrons. The Morgan fingerprint density at radius 3 is 2.12 bits per heavy atom. The van der Waals surface area contributed by atoms with Crippen LogP contribution in [0.3, 0.4) is 0 Å². The smallest absolute Gasteiger partial charge is 0.251 e. The van der Waals surface area contributed by atoms with E-state index in [9.17, 15) is 18.0 Å². The van der Waals surface area contributed by atoms with E-state index >= 15 is 0 Å². The van der Waals surface area contributed by atoms with Crippen molar-refractivity contribution in [2.75, 3.05) is 13.1 Å². The van der Waals surface area contributed by atoms with Crippen LogP contribution in [0.15, 0.2) is 53.4 Å². The van der Waals surface area contributed by atoms with Crippen molar-refractivity contribution in [3.05, 3.63) is 65.2 Å². The maximum atomic E-state index is 12.5. The van der Waals surface area contributed by atoms with Gasteiger partial charge in [-0.05, 0) is 60.1 Å². The maximum Gasteiger partial charge on any atom is 0.251 e. The Labute approximate surface area is 202 Å². The molecule has 0 spiro atoms. The molecule has 3 N–H and O–H groups in total. The summed E-state index contributed by atoms with van der Waals surface area (Å²) < 4.78 is 27.8. The van der Waals surface area contributed by atoms with Gasteiger partial charge in [0.2, 0.25) is 15.9 Å². The Morgan fingerprint density at radius 1 is 0.912 bits per heavy atom. The predicted molar refractivity (Wildman–Crippen MR) is 133 cm³/mol. The molecule has 1 aliphatic rings. The van der Waals surface area contributed by atoms with Crippen LogP contribution >= 0.6 is 0 Å². The highest BCUT2D eigenvalue weighted by atomic mass is 32.2. The highest BCUT2D eigenvalue weighted by molar-refractivity contribution is 7.89. The van der Waals surface area contributed by atoms with E-state index in [1.807, 2.05) is 12.1 Å². The predicted octanol–water partition coefficient (Wildman–Crippen LogP) is 3.29. The third kappa shape index (κ3) is 7.40. The van der Waals surface area contributed by atoms with Crippen LogP contribution in [0, 0.1) is 0 Å². The summed E-state index contributed by atoms with van der Waals surface area (Å²) >= 11 is 0. The number of hydrogen-bond acceptors (Lipinski definition) is 4. The fourth-order valence-corrected chi connectivity index (χ4v) is 5.26. The molecule has 1 fully saturated rings. The summed E-state index contributed by atoms with van der Waals surface area (Å²) in [5.41, 5.74) is 2.58. The molecule has 0 aromatic heterocycles. The number of amides is 2. The molecule has 1 aliphatic carbocycles. The van der Waals surface area contributed by atoms with Crippen molar-refractivity contribution in [2.24, 2.45) is 0 Å². The van der Waals surface area contributed by atoms with E-state index in [-0.39, 0.29) is 34.7 Å². The minimum Gasteiger partial charge on any atom is -0.354 e. The molecule has 0 heterocycles. The summed E-state index contributed by atoms with van der Waals surface area (Å²) in [6.45, 7) is 6.61. The van der Waals surface area contributed by atoms with E-state index in [2.05, 4.69) is 36.1 Å². The summed E-state index contributed by atoms with van der Waals surface area (Å²) in [7, 11) is -3.50. The summed E-state index contributed by atoms with van der Waals surface area (Å²) in [5, 5.41) is 5.41. The summed E-state index contributed by atoms with van der Waals surface area (Å²) in [6.07, 6.45) is 4.46. The molecule has 0 saturated heterocycles. The van der Waals surface area contributed by atoms with Crippen LogP contribution < -0.4 is 15.4 Å². The van der Waals surface area contributed by atoms with Crippen molar-refractivity contribution in [1.29, 1.82) is 0 Å². The van der Waals surface area contributed by atoms with Crippen LogP contribution in [0.4, 0.5) is 0 Å². The number of carbonyl (C=O) groups excluding carboxylic acids is 2. The fourth-order valence-electron chi connectivity index (χ4n) is 3.96. The van der Waals surface area contributed by atoms with Crippen LogP contribution in [-0.4, -0.2) is 39.4 Å². The lowest BCUT2D eigenvalue weighted by Gasteiger charge is -2.19. The van der Waals surface area contributed by atoms with Gasteiger partial charge in [0, 0.05) is 18.2 Å². The van der Waals surface area contributed by atoms with Gasteiger partial charge in [-0.15, -0.1) is 0 Å². The lowest BCUT2D eigenvalue weighted by atomic mass is 9.87. The molecule has 1 saturated carbocycles. The van der Waals surface area contributed by atoms with Crippen LogP contribution in [0.5, 0.6) is 0 Å². The van der Waals surface area contributed by atoms with Crippen LogP contribution in [0.1, 0.15) is 67.9 Å². The van der Waals surface area contributed by atoms with Gasteiger partial charge in [0.1, 0.15) is 0 Å². The Bertz CT molecular complexity index is 1080. The number of nitrogens with one attached hydrogen (secondary N) is 3. The Hall–Kier alpha value is -2.71. The molecule has 7 nitrogen and oxygen atoms in total. The summed E-state index contributed by atoms with van der Waals surface area (Å²) in [5.74, 6) is -0.571. The van der Waals surface area contributed by atoms with Crippen LogP contribution in [-0.2, 0) is 26.7 Å². The molecule has 2 aromatic carbocycles. The lowest BCUT2D eigenvalue weighted by molar-refractivity contribution is -0.120. The Kier molecular flexibility index (Phi) is 8.49. The average molecular weight is 486 g/mol. The van der Waals surface area contributed by atoms with Crippen molar-refractivity contribution in [2.45, 2.75) is 69.2 Å². The van der Waals surface area contributed by atoms with Gasteiger partial charge in [-0.3, -0.25) is 9.59 Å². The molecule has 3 rings (SSSR count). The van der Waals surface area contributed by atoms with Gasteiger partial charge in [-0.1, -0.05) is 57.9 Å². The van der Waals surface area contributed by atoms with Crippen LogP contribution in [0.2, 0.25) is 0 Å². The van der Waals surface area contributed by atoms with Gasteiger partial charge >= 0.3 is 0 Å². The second-order valence-corrected chi connectivity index (χ2v) is 11.6. The quantitative estimate of drug-likeness (QED) is 0.507. The second kappa shape index (κ2) is 11.1. The first-order valence-corrected chi connectivity index (χ1v) is 13.3. The van der Waals surface area contributed by atoms with Crippen molar-refractivity contribution in [3.8, 4) is 0 Å². The van der Waals surface area contributed by atoms with Crippen molar-refractivity contribution >= 4 is 21.8 Å². The van der Waals surface area contributed by atoms with E-state index in [0.29, 0.717) is 18.5 Å². The molecule has 2 aromatic rings. The van der Waals surface area contributed by atoms with Crippen LogP contribution in [0.25, 0.3) is 0 Å². The summed E-state index contributed by atoms with van der Waals surface area (Å²) in [6, 6.07) is 14.1. The third-order valence-electron chi connectivity index (χ3n) is 6.07. The molecule has 2 amide bonds. The third-order valence-corrected chi connectivity index (χ3v) is 7.61.